The van der Waals surface area contributed by atoms with Crippen molar-refractivity contribution in [3.05, 3.63) is 90.0 Å². The third-order valence-corrected chi connectivity index (χ3v) is 4.72. The predicted octanol–water partition coefficient (Wildman–Crippen LogP) is 5.10. The number of hydrogen-bond acceptors (Lipinski definition) is 3. The second-order valence-electron chi connectivity index (χ2n) is 6.35. The zero-order chi connectivity index (χ0) is 19.8. The minimum Gasteiger partial charge on any atom is -0.497 e. The molecule has 5 heteroatoms. The van der Waals surface area contributed by atoms with Gasteiger partial charge >= 0.3 is 0 Å². The Morgan fingerprint density at radius 1 is 0.786 bits per heavy atom. The fourth-order valence-electron chi connectivity index (χ4n) is 2.86. The summed E-state index contributed by atoms with van der Waals surface area (Å²) in [5.41, 5.74) is 3.26. The Morgan fingerprint density at radius 3 is 2.07 bits per heavy atom. The molecule has 3 rings (SSSR count). The second-order valence-corrected chi connectivity index (χ2v) is 6.74. The van der Waals surface area contributed by atoms with E-state index in [1.54, 1.807) is 14.2 Å². The lowest BCUT2D eigenvalue weighted by Gasteiger charge is -2.26. The number of thiocarbonyl (C=S) groups is 1. The van der Waals surface area contributed by atoms with Crippen molar-refractivity contribution in [1.29, 1.82) is 0 Å². The van der Waals surface area contributed by atoms with Crippen LogP contribution in [0.15, 0.2) is 78.9 Å². The van der Waals surface area contributed by atoms with Gasteiger partial charge in [-0.2, -0.15) is 0 Å². The first-order valence-corrected chi connectivity index (χ1v) is 9.45. The largest absolute Gasteiger partial charge is 0.497 e. The van der Waals surface area contributed by atoms with E-state index in [0.29, 0.717) is 18.2 Å². The van der Waals surface area contributed by atoms with Crippen molar-refractivity contribution in [3.8, 4) is 11.5 Å². The Balaban J connectivity index is 1.78. The van der Waals surface area contributed by atoms with Crippen molar-refractivity contribution in [3.63, 3.8) is 0 Å². The number of nitrogens with one attached hydrogen (secondary N) is 1. The van der Waals surface area contributed by atoms with Gasteiger partial charge in [0.05, 0.1) is 14.2 Å². The summed E-state index contributed by atoms with van der Waals surface area (Å²) in [6.45, 7) is 1.40. The Labute approximate surface area is 171 Å². The van der Waals surface area contributed by atoms with Crippen molar-refractivity contribution in [1.82, 2.24) is 4.90 Å². The van der Waals surface area contributed by atoms with Gasteiger partial charge in [0.2, 0.25) is 0 Å². The van der Waals surface area contributed by atoms with E-state index in [2.05, 4.69) is 34.5 Å². The summed E-state index contributed by atoms with van der Waals surface area (Å²) >= 11 is 5.73. The monoisotopic (exact) mass is 392 g/mol. The highest BCUT2D eigenvalue weighted by Gasteiger charge is 2.12. The van der Waals surface area contributed by atoms with Crippen LogP contribution in [0.3, 0.4) is 0 Å². The minimum atomic E-state index is 0.660. The van der Waals surface area contributed by atoms with E-state index in [9.17, 15) is 0 Å². The van der Waals surface area contributed by atoms with E-state index in [4.69, 9.17) is 21.7 Å². The minimum absolute atomic E-state index is 0.660. The molecule has 0 aliphatic rings. The molecule has 0 atom stereocenters. The summed E-state index contributed by atoms with van der Waals surface area (Å²) in [6, 6.07) is 26.1. The molecule has 0 bridgehead atoms. The van der Waals surface area contributed by atoms with Crippen LogP contribution in [0.1, 0.15) is 11.1 Å². The lowest BCUT2D eigenvalue weighted by atomic mass is 10.1. The fourth-order valence-corrected chi connectivity index (χ4v) is 3.10. The third kappa shape index (κ3) is 5.47. The van der Waals surface area contributed by atoms with Crippen LogP contribution in [0.4, 0.5) is 5.69 Å². The summed E-state index contributed by atoms with van der Waals surface area (Å²) < 4.78 is 10.6. The number of nitrogens with zero attached hydrogens (tertiary/aromatic N) is 1. The summed E-state index contributed by atoms with van der Waals surface area (Å²) in [6.07, 6.45) is 0. The van der Waals surface area contributed by atoms with E-state index >= 15 is 0 Å². The molecular formula is C23H24N2O2S. The summed E-state index contributed by atoms with van der Waals surface area (Å²) in [4.78, 5) is 2.14. The van der Waals surface area contributed by atoms with Crippen LogP contribution in [0.25, 0.3) is 0 Å². The van der Waals surface area contributed by atoms with Crippen LogP contribution in [0, 0.1) is 0 Å². The lowest BCUT2D eigenvalue weighted by molar-refractivity contribution is 0.407. The first-order chi connectivity index (χ1) is 13.7. The average Bonchev–Trinajstić information content (AvgIpc) is 2.74. The molecule has 28 heavy (non-hydrogen) atoms. The molecule has 3 aromatic rings. The van der Waals surface area contributed by atoms with Gasteiger partial charge in [-0.15, -0.1) is 0 Å². The topological polar surface area (TPSA) is 33.7 Å². The molecule has 0 fully saturated rings. The first kappa shape index (κ1) is 19.7. The highest BCUT2D eigenvalue weighted by atomic mass is 32.1. The van der Waals surface area contributed by atoms with Crippen molar-refractivity contribution in [2.24, 2.45) is 0 Å². The fraction of sp³-hybridized carbons (Fsp3) is 0.174. The van der Waals surface area contributed by atoms with E-state index in [-0.39, 0.29) is 0 Å². The van der Waals surface area contributed by atoms with Crippen molar-refractivity contribution >= 4 is 23.0 Å². The number of rotatable bonds is 7. The van der Waals surface area contributed by atoms with Gasteiger partial charge in [0.15, 0.2) is 5.11 Å². The maximum atomic E-state index is 5.73. The number of benzene rings is 3. The smallest absolute Gasteiger partial charge is 0.174 e. The van der Waals surface area contributed by atoms with Gasteiger partial charge in [-0.05, 0) is 47.6 Å². The van der Waals surface area contributed by atoms with Crippen LogP contribution in [-0.4, -0.2) is 24.2 Å². The van der Waals surface area contributed by atoms with Crippen LogP contribution in [0.5, 0.6) is 11.5 Å². The summed E-state index contributed by atoms with van der Waals surface area (Å²) in [5.74, 6) is 1.63. The molecule has 0 radical (unpaired) electrons. The van der Waals surface area contributed by atoms with E-state index in [1.807, 2.05) is 54.6 Å². The van der Waals surface area contributed by atoms with Crippen LogP contribution in [-0.2, 0) is 13.1 Å². The second kappa shape index (κ2) is 9.76. The van der Waals surface area contributed by atoms with Gasteiger partial charge in [-0.3, -0.25) is 0 Å². The highest BCUT2D eigenvalue weighted by Crippen LogP contribution is 2.19. The molecule has 0 spiro atoms. The maximum absolute atomic E-state index is 5.73. The molecule has 1 N–H and O–H groups in total. The standard InChI is InChI=1S/C23H24N2O2S/c1-26-21-13-11-19(12-14-21)17-25(16-18-7-4-3-5-8-18)23(28)24-20-9-6-10-22(15-20)27-2/h3-15H,16-17H2,1-2H3,(H,24,28). The number of hydrogen-bond donors (Lipinski definition) is 1. The van der Waals surface area contributed by atoms with E-state index in [1.165, 1.54) is 5.56 Å². The lowest BCUT2D eigenvalue weighted by Crippen LogP contribution is -2.33. The highest BCUT2D eigenvalue weighted by molar-refractivity contribution is 7.80. The molecule has 0 saturated heterocycles. The molecule has 0 heterocycles. The van der Waals surface area contributed by atoms with Gasteiger partial charge in [0.1, 0.15) is 11.5 Å². The van der Waals surface area contributed by atoms with Gasteiger partial charge in [-0.25, -0.2) is 0 Å². The maximum Gasteiger partial charge on any atom is 0.174 e. The van der Waals surface area contributed by atoms with E-state index < -0.39 is 0 Å². The molecule has 0 unspecified atom stereocenters. The SMILES string of the molecule is COc1ccc(CN(Cc2ccccc2)C(=S)Nc2cccc(OC)c2)cc1. The van der Waals surface area contributed by atoms with Crippen LogP contribution in [0.2, 0.25) is 0 Å². The normalized spacial score (nSPS) is 10.2. The molecule has 3 aromatic carbocycles. The third-order valence-electron chi connectivity index (χ3n) is 4.36. The Hall–Kier alpha value is -3.05. The number of anilines is 1. The molecule has 0 saturated carbocycles. The Kier molecular flexibility index (Phi) is 6.87. The molecule has 4 nitrogen and oxygen atoms in total. The number of methoxy groups -OCH3 is 2. The Morgan fingerprint density at radius 2 is 1.43 bits per heavy atom. The van der Waals surface area contributed by atoms with Crippen LogP contribution < -0.4 is 14.8 Å². The van der Waals surface area contributed by atoms with Crippen LogP contribution >= 0.6 is 12.2 Å². The molecule has 0 aliphatic heterocycles. The van der Waals surface area contributed by atoms with Crippen molar-refractivity contribution in [2.45, 2.75) is 13.1 Å². The van der Waals surface area contributed by atoms with Crippen molar-refractivity contribution in [2.75, 3.05) is 19.5 Å². The van der Waals surface area contributed by atoms with E-state index in [0.717, 1.165) is 22.7 Å². The summed E-state index contributed by atoms with van der Waals surface area (Å²) in [7, 11) is 3.33. The molecule has 0 aromatic heterocycles. The summed E-state index contributed by atoms with van der Waals surface area (Å²) in [5, 5.41) is 3.99. The predicted molar refractivity (Wildman–Crippen MR) is 118 cm³/mol. The van der Waals surface area contributed by atoms with Gasteiger partial charge < -0.3 is 19.7 Å². The van der Waals surface area contributed by atoms with Gasteiger partial charge in [0.25, 0.3) is 0 Å². The first-order valence-electron chi connectivity index (χ1n) is 9.05. The molecule has 144 valence electrons. The average molecular weight is 393 g/mol. The quantitative estimate of drug-likeness (QED) is 0.566. The molecule has 0 amide bonds. The molecule has 0 aliphatic carbocycles. The Bertz CT molecular complexity index is 898. The zero-order valence-electron chi connectivity index (χ0n) is 16.1. The van der Waals surface area contributed by atoms with Gasteiger partial charge in [0, 0.05) is 24.8 Å². The van der Waals surface area contributed by atoms with Gasteiger partial charge in [-0.1, -0.05) is 48.5 Å². The number of ether oxygens (including phenoxy) is 2. The zero-order valence-corrected chi connectivity index (χ0v) is 16.9. The van der Waals surface area contributed by atoms with Crippen molar-refractivity contribution < 1.29 is 9.47 Å². The molecular weight excluding hydrogens is 368 g/mol.